The lowest BCUT2D eigenvalue weighted by atomic mass is 9.53. The summed E-state index contributed by atoms with van der Waals surface area (Å²) < 4.78 is 0. The Kier molecular flexibility index (Phi) is 26.2. The topological polar surface area (TPSA) is 109 Å². The maximum absolute atomic E-state index is 12.4. The first-order valence-electron chi connectivity index (χ1n) is 31.0. The summed E-state index contributed by atoms with van der Waals surface area (Å²) in [5.74, 6) is 9.47. The van der Waals surface area contributed by atoms with E-state index in [0.717, 1.165) is 53.3 Å². The number of amides is 2. The van der Waals surface area contributed by atoms with Crippen LogP contribution in [0.25, 0.3) is 0 Å². The molecule has 0 atom stereocenters. The minimum Gasteiger partial charge on any atom is -0.356 e. The molecule has 10 rings (SSSR count). The van der Waals surface area contributed by atoms with E-state index in [1.807, 2.05) is 134 Å². The molecule has 5 aromatic carbocycles. The highest BCUT2D eigenvalue weighted by Crippen LogP contribution is 2.55. The van der Waals surface area contributed by atoms with Gasteiger partial charge in [-0.3, -0.25) is 24.0 Å². The molecular formula is C78H104N2O5. The number of benzene rings is 5. The van der Waals surface area contributed by atoms with Crippen molar-refractivity contribution in [2.45, 2.75) is 199 Å². The third-order valence-corrected chi connectivity index (χ3v) is 16.5. The molecule has 5 aromatic rings. The number of hydrogen-bond acceptors (Lipinski definition) is 5. The predicted molar refractivity (Wildman–Crippen MR) is 355 cm³/mol. The summed E-state index contributed by atoms with van der Waals surface area (Å²) in [7, 11) is 0. The number of ketones is 3. The van der Waals surface area contributed by atoms with Crippen LogP contribution in [0.3, 0.4) is 0 Å². The van der Waals surface area contributed by atoms with Crippen molar-refractivity contribution in [3.63, 3.8) is 0 Å². The smallest absolute Gasteiger partial charge is 0.225 e. The molecule has 7 nitrogen and oxygen atoms in total. The number of hydrogen-bond donors (Lipinski definition) is 2. The molecule has 4 bridgehead atoms. The van der Waals surface area contributed by atoms with Crippen LogP contribution < -0.4 is 10.6 Å². The molecule has 2 N–H and O–H groups in total. The summed E-state index contributed by atoms with van der Waals surface area (Å²) in [5.41, 5.74) is 7.92. The fraction of sp³-hybridized carbons (Fsp3) is 0.500. The first-order valence-corrected chi connectivity index (χ1v) is 31.0. The maximum Gasteiger partial charge on any atom is 0.225 e. The number of nitrogens with one attached hydrogen (secondary N) is 2. The Balaban J connectivity index is 0.000000230. The standard InChI is InChI=1S/C20H20O.C19H18O.C15H25NO.C12H16O.C11H21NO.CH4/c1-5-15-6-10-17(11-7-15)19(21)18-12-8-16(9-13-18)14-20(2,3)4;1-5-14-6-8-15(9-7-14)18(20)16-10-12-17(13-11-16)19(2,3)4;1-14(2,3)13(17)16-15-7-10-4-11(8-15)6-12(5-10)9-15;1-12(2,3)11(13)9-10-7-5-4-6-8-10;1-9(2)11(13)12-8-10-6-4-3-5-7-10;/h1,6-13H,14H2,2-4H3;1,6-13H,2-4H3;10-12H,4-9H2,1-3H3,(H,16,17);4-8H,9H2,1-3H3;9-10H,3-8H2,1-2H3,(H,12,13);1H4. The summed E-state index contributed by atoms with van der Waals surface area (Å²) in [5, 5.41) is 6.44. The second-order valence-electron chi connectivity index (χ2n) is 29.0. The number of carbonyl (C=O) groups excluding carboxylic acids is 5. The van der Waals surface area contributed by atoms with Gasteiger partial charge in [-0.1, -0.05) is 214 Å². The Morgan fingerprint density at radius 3 is 1.32 bits per heavy atom. The monoisotopic (exact) mass is 1150 g/mol. The highest BCUT2D eigenvalue weighted by atomic mass is 16.2. The van der Waals surface area contributed by atoms with Crippen molar-refractivity contribution in [1.29, 1.82) is 0 Å². The van der Waals surface area contributed by atoms with Crippen molar-refractivity contribution in [3.8, 4) is 24.7 Å². The molecule has 0 radical (unpaired) electrons. The molecule has 0 aromatic heterocycles. The number of terminal acetylenes is 2. The van der Waals surface area contributed by atoms with Gasteiger partial charge < -0.3 is 10.6 Å². The van der Waals surface area contributed by atoms with Gasteiger partial charge in [0.15, 0.2) is 11.6 Å². The van der Waals surface area contributed by atoms with Gasteiger partial charge in [-0.05, 0) is 158 Å². The highest BCUT2D eigenvalue weighted by Gasteiger charge is 2.52. The van der Waals surface area contributed by atoms with Crippen molar-refractivity contribution in [1.82, 2.24) is 10.6 Å². The van der Waals surface area contributed by atoms with E-state index in [4.69, 9.17) is 12.8 Å². The molecule has 5 fully saturated rings. The summed E-state index contributed by atoms with van der Waals surface area (Å²) in [4.78, 5) is 59.9. The molecular weight excluding hydrogens is 1040 g/mol. The van der Waals surface area contributed by atoms with Crippen LogP contribution in [0.2, 0.25) is 0 Å². The van der Waals surface area contributed by atoms with E-state index in [-0.39, 0.29) is 63.9 Å². The molecule has 5 aliphatic rings. The third-order valence-electron chi connectivity index (χ3n) is 16.5. The fourth-order valence-electron chi connectivity index (χ4n) is 11.9. The van der Waals surface area contributed by atoms with Crippen LogP contribution in [0.4, 0.5) is 0 Å². The van der Waals surface area contributed by atoms with Gasteiger partial charge in [0, 0.05) is 68.6 Å². The van der Waals surface area contributed by atoms with Crippen molar-refractivity contribution >= 4 is 29.2 Å². The summed E-state index contributed by atoms with van der Waals surface area (Å²) in [6.07, 6.45) is 26.9. The molecule has 0 unspecified atom stereocenters. The number of Topliss-reactive ketones (excluding diaryl/α,β-unsaturated/α-hetero) is 1. The van der Waals surface area contributed by atoms with Gasteiger partial charge in [0.1, 0.15) is 5.78 Å². The Hall–Kier alpha value is -6.83. The Bertz CT molecular complexity index is 2970. The fourth-order valence-corrected chi connectivity index (χ4v) is 11.9. The average Bonchev–Trinajstić information content (AvgIpc) is 3.08. The zero-order valence-corrected chi connectivity index (χ0v) is 53.6. The van der Waals surface area contributed by atoms with Crippen LogP contribution in [0.1, 0.15) is 235 Å². The molecule has 0 saturated heterocycles. The van der Waals surface area contributed by atoms with Gasteiger partial charge in [0.2, 0.25) is 11.8 Å². The van der Waals surface area contributed by atoms with E-state index >= 15 is 0 Å². The van der Waals surface area contributed by atoms with E-state index in [0.29, 0.717) is 34.5 Å². The quantitative estimate of drug-likeness (QED) is 0.101. The summed E-state index contributed by atoms with van der Waals surface area (Å²) in [6.45, 7) is 29.8. The minimum atomic E-state index is -0.247. The van der Waals surface area contributed by atoms with E-state index < -0.39 is 0 Å². The van der Waals surface area contributed by atoms with E-state index in [1.165, 1.54) is 81.8 Å². The molecule has 85 heavy (non-hydrogen) atoms. The first-order chi connectivity index (χ1) is 39.4. The molecule has 5 saturated carbocycles. The van der Waals surface area contributed by atoms with Gasteiger partial charge >= 0.3 is 0 Å². The van der Waals surface area contributed by atoms with Crippen LogP contribution in [-0.4, -0.2) is 41.2 Å². The van der Waals surface area contributed by atoms with Crippen molar-refractivity contribution < 1.29 is 24.0 Å². The third kappa shape index (κ3) is 23.2. The van der Waals surface area contributed by atoms with Crippen LogP contribution in [-0.2, 0) is 32.6 Å². The summed E-state index contributed by atoms with van der Waals surface area (Å²) >= 11 is 0. The lowest BCUT2D eigenvalue weighted by Gasteiger charge is -2.57. The molecule has 0 spiro atoms. The Morgan fingerprint density at radius 2 is 0.953 bits per heavy atom. The zero-order valence-electron chi connectivity index (χ0n) is 53.6. The van der Waals surface area contributed by atoms with E-state index in [9.17, 15) is 24.0 Å². The van der Waals surface area contributed by atoms with Crippen LogP contribution >= 0.6 is 0 Å². The first kappa shape index (κ1) is 70.7. The Morgan fingerprint density at radius 1 is 0.541 bits per heavy atom. The van der Waals surface area contributed by atoms with Crippen LogP contribution in [0, 0.1) is 70.5 Å². The SMILES string of the molecule is C.C#Cc1ccc(C(=O)c2ccc(C(C)(C)C)cc2)cc1.C#Cc1ccc(C(=O)c2ccc(CC(C)(C)C)cc2)cc1.CC(C)(C)C(=O)Cc1ccccc1.CC(C)(C)C(=O)NC12CC3CC(CC(C3)C1)C2.CC(C)C(=O)NCC1CCCCC1. The Labute approximate surface area is 514 Å². The maximum atomic E-state index is 12.4. The normalized spacial score (nSPS) is 18.7. The van der Waals surface area contributed by atoms with Crippen molar-refractivity contribution in [2.24, 2.45) is 45.8 Å². The van der Waals surface area contributed by atoms with Gasteiger partial charge in [-0.2, -0.15) is 0 Å². The van der Waals surface area contributed by atoms with Crippen LogP contribution in [0.15, 0.2) is 127 Å². The number of carbonyl (C=O) groups is 5. The number of rotatable bonds is 11. The predicted octanol–water partition coefficient (Wildman–Crippen LogP) is 17.6. The molecule has 0 aliphatic heterocycles. The molecule has 5 aliphatic carbocycles. The van der Waals surface area contributed by atoms with Gasteiger partial charge in [-0.25, -0.2) is 0 Å². The average molecular weight is 1150 g/mol. The molecule has 0 heterocycles. The lowest BCUT2D eigenvalue weighted by molar-refractivity contribution is -0.134. The van der Waals surface area contributed by atoms with E-state index in [2.05, 4.69) is 64.0 Å². The van der Waals surface area contributed by atoms with Crippen LogP contribution in [0.5, 0.6) is 0 Å². The largest absolute Gasteiger partial charge is 0.356 e. The van der Waals surface area contributed by atoms with E-state index in [1.54, 1.807) is 48.5 Å². The van der Waals surface area contributed by atoms with Gasteiger partial charge in [-0.15, -0.1) is 12.8 Å². The minimum absolute atomic E-state index is 0. The van der Waals surface area contributed by atoms with Crippen molar-refractivity contribution in [2.75, 3.05) is 6.54 Å². The summed E-state index contributed by atoms with van der Waals surface area (Å²) in [6, 6.07) is 39.8. The molecule has 456 valence electrons. The molecule has 2 amide bonds. The second-order valence-corrected chi connectivity index (χ2v) is 29.0. The second kappa shape index (κ2) is 31.5. The zero-order chi connectivity index (χ0) is 62.0. The van der Waals surface area contributed by atoms with Gasteiger partial charge in [0.25, 0.3) is 0 Å². The van der Waals surface area contributed by atoms with Gasteiger partial charge in [0.05, 0.1) is 0 Å². The molecule has 7 heteroatoms. The van der Waals surface area contributed by atoms with Crippen molar-refractivity contribution in [3.05, 3.63) is 177 Å². The highest BCUT2D eigenvalue weighted by molar-refractivity contribution is 6.09. The lowest BCUT2D eigenvalue weighted by Crippen LogP contribution is -2.61.